The zero-order valence-electron chi connectivity index (χ0n) is 5.66. The summed E-state index contributed by atoms with van der Waals surface area (Å²) in [4.78, 5) is 12.5. The molecule has 3 radical (unpaired) electrons. The van der Waals surface area contributed by atoms with Gasteiger partial charge in [-0.25, -0.2) is 0 Å². The van der Waals surface area contributed by atoms with E-state index in [1.807, 2.05) is 13.8 Å². The van der Waals surface area contributed by atoms with Crippen LogP contribution in [0.5, 0.6) is 0 Å². The van der Waals surface area contributed by atoms with Crippen LogP contribution in [0, 0.1) is 0 Å². The highest BCUT2D eigenvalue weighted by atomic mass is 16.1. The van der Waals surface area contributed by atoms with Gasteiger partial charge in [0.15, 0.2) is 14.5 Å². The van der Waals surface area contributed by atoms with Crippen molar-refractivity contribution in [3.8, 4) is 0 Å². The molecule has 43 valence electrons. The Morgan fingerprint density at radius 2 is 2.22 bits per heavy atom. The van der Waals surface area contributed by atoms with Crippen molar-refractivity contribution in [2.24, 2.45) is 0 Å². The lowest BCUT2D eigenvalue weighted by Crippen LogP contribution is -2.34. The molecule has 1 rings (SSSR count). The van der Waals surface area contributed by atoms with E-state index in [1.54, 1.807) is 26.3 Å². The third kappa shape index (κ3) is 1.32. The summed E-state index contributed by atoms with van der Waals surface area (Å²) in [5.41, 5.74) is 0. The van der Waals surface area contributed by atoms with Crippen LogP contribution in [-0.4, -0.2) is 38.2 Å². The van der Waals surface area contributed by atoms with E-state index < -0.39 is 0 Å². The Morgan fingerprint density at radius 1 is 1.56 bits per heavy atom. The van der Waals surface area contributed by atoms with Crippen LogP contribution in [0.4, 0.5) is 4.79 Å². The Bertz CT molecular complexity index is 127. The second-order valence-corrected chi connectivity index (χ2v) is 2.35. The highest BCUT2D eigenvalue weighted by Gasteiger charge is 2.24. The predicted octanol–water partition coefficient (Wildman–Crippen LogP) is -0.312. The summed E-state index contributed by atoms with van der Waals surface area (Å²) in [5, 5.41) is 0. The van der Waals surface area contributed by atoms with Crippen molar-refractivity contribution in [3.63, 3.8) is 0 Å². The average molecular weight is 118 g/mol. The maximum Gasteiger partial charge on any atom is 0.188 e. The van der Waals surface area contributed by atoms with Gasteiger partial charge in [0.25, 0.3) is 0 Å². The van der Waals surface area contributed by atoms with Crippen molar-refractivity contribution in [1.29, 1.82) is 0 Å². The molecule has 9 heavy (non-hydrogen) atoms. The molecule has 1 aliphatic heterocycles. The summed E-state index contributed by atoms with van der Waals surface area (Å²) >= 11 is 0. The quantitative estimate of drug-likeness (QED) is 0.432. The van der Waals surface area contributed by atoms with Gasteiger partial charge in [0, 0.05) is 6.04 Å². The molecule has 0 spiro atoms. The van der Waals surface area contributed by atoms with E-state index >= 15 is 0 Å². The van der Waals surface area contributed by atoms with Gasteiger partial charge in [0.05, 0.1) is 7.06 Å². The van der Waals surface area contributed by atoms with Crippen molar-refractivity contribution in [2.75, 3.05) is 0 Å². The van der Waals surface area contributed by atoms with Gasteiger partial charge in [-0.1, -0.05) is 0 Å². The van der Waals surface area contributed by atoms with E-state index in [1.165, 1.54) is 0 Å². The van der Waals surface area contributed by atoms with Crippen LogP contribution in [0.15, 0.2) is 0 Å². The van der Waals surface area contributed by atoms with E-state index in [2.05, 4.69) is 0 Å². The first kappa shape index (κ1) is 6.78. The lowest BCUT2D eigenvalue weighted by Gasteiger charge is -2.21. The van der Waals surface area contributed by atoms with Crippen LogP contribution < -0.4 is 0 Å². The van der Waals surface area contributed by atoms with Gasteiger partial charge >= 0.3 is 0 Å². The average Bonchev–Trinajstić information content (AvgIpc) is 2.13. The fraction of sp³-hybridized carbons (Fsp3) is 0.750. The number of carbonyl (C=O) groups excluding carboxylic acids is 1. The number of hydrogen-bond acceptors (Lipinski definition) is 1. The molecular weight excluding hydrogens is 110 g/mol. The Hall–Kier alpha value is -0.335. The van der Waals surface area contributed by atoms with Crippen molar-refractivity contribution < 1.29 is 4.79 Å². The van der Waals surface area contributed by atoms with E-state index in [9.17, 15) is 4.79 Å². The molecule has 1 heterocycles. The summed E-state index contributed by atoms with van der Waals surface area (Å²) in [7, 11) is 5.13. The van der Waals surface area contributed by atoms with Gasteiger partial charge in [-0.05, 0) is 13.8 Å². The Balaban J connectivity index is 2.49. The fourth-order valence-corrected chi connectivity index (χ4v) is 0.804. The summed E-state index contributed by atoms with van der Waals surface area (Å²) in [5.74, 6) is 0.0880. The summed E-state index contributed by atoms with van der Waals surface area (Å²) in [6, 6.07) is 0.285. The molecule has 0 saturated carbocycles. The number of nitrogens with zero attached hydrogens (tertiary/aromatic N) is 1. The van der Waals surface area contributed by atoms with Gasteiger partial charge in [-0.15, -0.1) is 0 Å². The third-order valence-corrected chi connectivity index (χ3v) is 1.30. The Morgan fingerprint density at radius 3 is 2.44 bits per heavy atom. The molecule has 5 heteroatoms. The summed E-state index contributed by atoms with van der Waals surface area (Å²) < 4.78 is 0. The molecule has 0 aromatic carbocycles. The van der Waals surface area contributed by atoms with Crippen molar-refractivity contribution in [3.05, 3.63) is 0 Å². The lowest BCUT2D eigenvalue weighted by molar-refractivity contribution is 0.239. The molecule has 1 aliphatic rings. The van der Waals surface area contributed by atoms with E-state index in [-0.39, 0.29) is 11.8 Å². The highest BCUT2D eigenvalue weighted by Crippen LogP contribution is 2.00. The van der Waals surface area contributed by atoms with Gasteiger partial charge in [-0.2, -0.15) is 0 Å². The molecular formula is C4H7B3NO. The largest absolute Gasteiger partial charge is 0.408 e. The maximum absolute atomic E-state index is 10.8. The zero-order valence-corrected chi connectivity index (χ0v) is 5.66. The normalized spacial score (nSPS) is 17.2. The minimum atomic E-state index is 0.0880. The molecule has 0 atom stereocenters. The fourth-order valence-electron chi connectivity index (χ4n) is 0.804. The SMILES string of the molecule is CC(C)N1[B][B][B]C1=O. The summed E-state index contributed by atoms with van der Waals surface area (Å²) in [6.07, 6.45) is 0. The monoisotopic (exact) mass is 118 g/mol. The minimum absolute atomic E-state index is 0.0880. The minimum Gasteiger partial charge on any atom is -0.408 e. The smallest absolute Gasteiger partial charge is 0.188 e. The Kier molecular flexibility index (Phi) is 1.89. The molecule has 1 saturated heterocycles. The molecule has 0 unspecified atom stereocenters. The zero-order chi connectivity index (χ0) is 6.85. The Labute approximate surface area is 57.7 Å². The van der Waals surface area contributed by atoms with Gasteiger partial charge in [-0.3, -0.25) is 4.79 Å². The van der Waals surface area contributed by atoms with Gasteiger partial charge in [0.1, 0.15) is 5.81 Å². The standard InChI is InChI=1S/C4H7B3NO/c1-3(2)8-4(9)5-6-7-8/h3H,1-2H3. The van der Waals surface area contributed by atoms with E-state index in [0.29, 0.717) is 0 Å². The molecule has 2 nitrogen and oxygen atoms in total. The predicted molar refractivity (Wildman–Crippen MR) is 39.6 cm³/mol. The van der Waals surface area contributed by atoms with Crippen LogP contribution in [0.2, 0.25) is 0 Å². The van der Waals surface area contributed by atoms with Gasteiger partial charge in [0.2, 0.25) is 0 Å². The first-order valence-electron chi connectivity index (χ1n) is 3.05. The van der Waals surface area contributed by atoms with Crippen LogP contribution in [0.25, 0.3) is 0 Å². The highest BCUT2D eigenvalue weighted by molar-refractivity contribution is 7.40. The molecule has 0 aliphatic carbocycles. The van der Waals surface area contributed by atoms with Crippen LogP contribution in [0.1, 0.15) is 13.8 Å². The summed E-state index contributed by atoms with van der Waals surface area (Å²) in [6.45, 7) is 3.98. The second-order valence-electron chi connectivity index (χ2n) is 2.35. The number of carbonyl (C=O) groups is 1. The number of rotatable bonds is 1. The van der Waals surface area contributed by atoms with E-state index in [4.69, 9.17) is 0 Å². The van der Waals surface area contributed by atoms with Gasteiger partial charge < -0.3 is 4.81 Å². The molecule has 1 amide bonds. The molecule has 1 fully saturated rings. The van der Waals surface area contributed by atoms with Crippen molar-refractivity contribution >= 4 is 27.3 Å². The van der Waals surface area contributed by atoms with Crippen molar-refractivity contribution in [2.45, 2.75) is 19.9 Å². The lowest BCUT2D eigenvalue weighted by atomic mass is 9.27. The molecule has 0 N–H and O–H groups in total. The number of hydrogen-bond donors (Lipinski definition) is 0. The van der Waals surface area contributed by atoms with E-state index in [0.717, 1.165) is 0 Å². The number of amides is 1. The molecule has 0 aromatic heterocycles. The van der Waals surface area contributed by atoms with Crippen LogP contribution in [0.3, 0.4) is 0 Å². The second kappa shape index (κ2) is 2.50. The first-order valence-corrected chi connectivity index (χ1v) is 3.05. The first-order chi connectivity index (χ1) is 4.22. The molecule has 0 bridgehead atoms. The molecule has 0 aromatic rings. The van der Waals surface area contributed by atoms with Crippen LogP contribution in [-0.2, 0) is 0 Å². The third-order valence-electron chi connectivity index (χ3n) is 1.30. The van der Waals surface area contributed by atoms with Crippen molar-refractivity contribution in [1.82, 2.24) is 4.81 Å². The maximum atomic E-state index is 10.8. The van der Waals surface area contributed by atoms with Crippen LogP contribution >= 0.6 is 0 Å². The topological polar surface area (TPSA) is 20.3 Å².